The van der Waals surface area contributed by atoms with Gasteiger partial charge in [-0.25, -0.2) is 4.79 Å². The van der Waals surface area contributed by atoms with Crippen LogP contribution in [0.25, 0.3) is 0 Å². The Morgan fingerprint density at radius 2 is 1.79 bits per heavy atom. The van der Waals surface area contributed by atoms with E-state index in [-0.39, 0.29) is 55.2 Å². The van der Waals surface area contributed by atoms with Crippen molar-refractivity contribution in [2.45, 2.75) is 97.5 Å². The summed E-state index contributed by atoms with van der Waals surface area (Å²) in [6, 6.07) is 0. The van der Waals surface area contributed by atoms with Gasteiger partial charge < -0.3 is 14.2 Å². The van der Waals surface area contributed by atoms with Crippen molar-refractivity contribution < 1.29 is 38.2 Å². The molecule has 0 unspecified atom stereocenters. The second-order valence-corrected chi connectivity index (χ2v) is 12.1. The molecule has 0 aliphatic heterocycles. The molecule has 6 atom stereocenters. The lowest BCUT2D eigenvalue weighted by atomic mass is 9.46. The zero-order chi connectivity index (χ0) is 28.4. The molecule has 0 aromatic carbocycles. The van der Waals surface area contributed by atoms with Crippen molar-refractivity contribution in [3.8, 4) is 0 Å². The minimum absolute atomic E-state index is 0.00724. The number of ether oxygens (including phenoxy) is 3. The number of hydrogen-bond acceptors (Lipinski definition) is 8. The molecule has 39 heavy (non-hydrogen) atoms. The fourth-order valence-corrected chi connectivity index (χ4v) is 7.92. The summed E-state index contributed by atoms with van der Waals surface area (Å²) in [4.78, 5) is 65.0. The molecule has 0 amide bonds. The number of esters is 1. The average molecular weight is 543 g/mol. The van der Waals surface area contributed by atoms with E-state index < -0.39 is 40.9 Å². The van der Waals surface area contributed by atoms with E-state index in [9.17, 15) is 24.0 Å². The molecule has 0 aromatic heterocycles. The van der Waals surface area contributed by atoms with Crippen molar-refractivity contribution in [2.24, 2.45) is 28.6 Å². The van der Waals surface area contributed by atoms with E-state index in [0.717, 1.165) is 24.8 Å². The van der Waals surface area contributed by atoms with Crippen molar-refractivity contribution in [2.75, 3.05) is 13.2 Å². The highest BCUT2D eigenvalue weighted by Crippen LogP contribution is 2.67. The number of Topliss-reactive ketones (excluding diaryl/α,β-unsaturated/α-hetero) is 2. The Labute approximate surface area is 230 Å². The topological polar surface area (TPSA) is 113 Å². The SMILES string of the molecule is CCCCCOC(=O)O[C@]1(C(=O)COC(=O)CCC)CC[C@H]2[C@@H]3CCC4=CC(=O)C=C[C@]4(C)[C@H]3C(=O)C[C@@]21C. The van der Waals surface area contributed by atoms with Crippen LogP contribution >= 0.6 is 0 Å². The number of fused-ring (bicyclic) bond motifs is 5. The molecule has 4 aliphatic rings. The van der Waals surface area contributed by atoms with Crippen molar-refractivity contribution in [1.29, 1.82) is 0 Å². The van der Waals surface area contributed by atoms with Crippen LogP contribution in [0.4, 0.5) is 4.79 Å². The molecule has 3 fully saturated rings. The predicted octanol–water partition coefficient (Wildman–Crippen LogP) is 5.47. The van der Waals surface area contributed by atoms with Gasteiger partial charge >= 0.3 is 12.1 Å². The lowest BCUT2D eigenvalue weighted by Crippen LogP contribution is -2.62. The quantitative estimate of drug-likeness (QED) is 0.264. The van der Waals surface area contributed by atoms with Gasteiger partial charge in [0.25, 0.3) is 0 Å². The number of ketones is 3. The molecule has 0 spiro atoms. The van der Waals surface area contributed by atoms with Crippen LogP contribution in [0.3, 0.4) is 0 Å². The maximum absolute atomic E-state index is 14.0. The van der Waals surface area contributed by atoms with Gasteiger partial charge in [0.1, 0.15) is 5.78 Å². The molecule has 214 valence electrons. The number of carbonyl (C=O) groups is 5. The van der Waals surface area contributed by atoms with Gasteiger partial charge in [-0.3, -0.25) is 19.2 Å². The third kappa shape index (κ3) is 5.11. The number of hydrogen-bond donors (Lipinski definition) is 0. The zero-order valence-electron chi connectivity index (χ0n) is 23.7. The summed E-state index contributed by atoms with van der Waals surface area (Å²) < 4.78 is 16.6. The standard InChI is InChI=1S/C31H42O8/c1-5-7-8-16-37-28(36)39-31(25(34)19-38-26(35)9-6-2)15-13-23-22-11-10-20-17-21(32)12-14-29(20,3)27(22)24(33)18-30(23,31)4/h12,14,17,22-23,27H,5-11,13,15-16,18-19H2,1-4H3/t22-,23-,27+,29-,30-,31-/m0/s1. The van der Waals surface area contributed by atoms with Crippen LogP contribution in [0.2, 0.25) is 0 Å². The second kappa shape index (κ2) is 11.4. The molecule has 8 nitrogen and oxygen atoms in total. The highest BCUT2D eigenvalue weighted by molar-refractivity contribution is 6.02. The van der Waals surface area contributed by atoms with Crippen LogP contribution in [-0.4, -0.2) is 48.3 Å². The van der Waals surface area contributed by atoms with Crippen LogP contribution in [0.1, 0.15) is 91.9 Å². The first-order chi connectivity index (χ1) is 18.5. The van der Waals surface area contributed by atoms with Gasteiger partial charge in [-0.1, -0.05) is 52.2 Å². The maximum atomic E-state index is 14.0. The number of unbranched alkanes of at least 4 members (excludes halogenated alkanes) is 2. The first-order valence-corrected chi connectivity index (χ1v) is 14.5. The van der Waals surface area contributed by atoms with Gasteiger partial charge in [-0.2, -0.15) is 0 Å². The van der Waals surface area contributed by atoms with E-state index >= 15 is 0 Å². The van der Waals surface area contributed by atoms with Crippen molar-refractivity contribution in [3.63, 3.8) is 0 Å². The molecule has 0 aromatic rings. The monoisotopic (exact) mass is 542 g/mol. The minimum Gasteiger partial charge on any atom is -0.457 e. The zero-order valence-corrected chi connectivity index (χ0v) is 23.7. The number of carbonyl (C=O) groups excluding carboxylic acids is 5. The van der Waals surface area contributed by atoms with Crippen molar-refractivity contribution in [1.82, 2.24) is 0 Å². The molecule has 4 rings (SSSR count). The summed E-state index contributed by atoms with van der Waals surface area (Å²) in [5.74, 6) is -1.43. The lowest BCUT2D eigenvalue weighted by Gasteiger charge is -2.57. The van der Waals surface area contributed by atoms with Crippen LogP contribution in [0.15, 0.2) is 23.8 Å². The van der Waals surface area contributed by atoms with E-state index in [1.54, 1.807) is 12.2 Å². The molecule has 3 saturated carbocycles. The highest BCUT2D eigenvalue weighted by atomic mass is 16.7. The van der Waals surface area contributed by atoms with Gasteiger partial charge in [0.2, 0.25) is 5.78 Å². The first kappa shape index (κ1) is 29.2. The molecular formula is C31H42O8. The summed E-state index contributed by atoms with van der Waals surface area (Å²) >= 11 is 0. The molecular weight excluding hydrogens is 500 g/mol. The van der Waals surface area contributed by atoms with E-state index in [4.69, 9.17) is 14.2 Å². The third-order valence-electron chi connectivity index (χ3n) is 9.87. The van der Waals surface area contributed by atoms with E-state index in [0.29, 0.717) is 25.7 Å². The normalized spacial score (nSPS) is 34.9. The Morgan fingerprint density at radius 1 is 1.03 bits per heavy atom. The predicted molar refractivity (Wildman–Crippen MR) is 143 cm³/mol. The number of allylic oxidation sites excluding steroid dienone is 4. The Kier molecular flexibility index (Phi) is 8.52. The summed E-state index contributed by atoms with van der Waals surface area (Å²) in [5.41, 5.74) is -2.14. The highest BCUT2D eigenvalue weighted by Gasteiger charge is 2.70. The third-order valence-corrected chi connectivity index (χ3v) is 9.87. The maximum Gasteiger partial charge on any atom is 0.509 e. The molecule has 0 saturated heterocycles. The Morgan fingerprint density at radius 3 is 2.51 bits per heavy atom. The molecule has 0 bridgehead atoms. The molecule has 0 N–H and O–H groups in total. The molecule has 0 heterocycles. The average Bonchev–Trinajstić information content (AvgIpc) is 3.17. The van der Waals surface area contributed by atoms with Crippen LogP contribution in [0, 0.1) is 28.6 Å². The second-order valence-electron chi connectivity index (χ2n) is 12.1. The van der Waals surface area contributed by atoms with E-state index in [2.05, 4.69) is 0 Å². The summed E-state index contributed by atoms with van der Waals surface area (Å²) in [7, 11) is 0. The van der Waals surface area contributed by atoms with E-state index in [1.165, 1.54) is 0 Å². The van der Waals surface area contributed by atoms with Gasteiger partial charge in [-0.05, 0) is 62.5 Å². The lowest BCUT2D eigenvalue weighted by molar-refractivity contribution is -0.176. The fraction of sp³-hybridized carbons (Fsp3) is 0.710. The van der Waals surface area contributed by atoms with Gasteiger partial charge in [0, 0.05) is 29.6 Å². The van der Waals surface area contributed by atoms with E-state index in [1.807, 2.05) is 33.8 Å². The number of rotatable bonds is 10. The van der Waals surface area contributed by atoms with Gasteiger partial charge in [-0.15, -0.1) is 0 Å². The van der Waals surface area contributed by atoms with Crippen LogP contribution in [0.5, 0.6) is 0 Å². The van der Waals surface area contributed by atoms with Crippen molar-refractivity contribution >= 4 is 29.5 Å². The fourth-order valence-electron chi connectivity index (χ4n) is 7.92. The Hall–Kier alpha value is -2.77. The van der Waals surface area contributed by atoms with Gasteiger partial charge in [0.15, 0.2) is 18.0 Å². The molecule has 4 aliphatic carbocycles. The summed E-state index contributed by atoms with van der Waals surface area (Å²) in [6.45, 7) is 7.47. The minimum atomic E-state index is -1.62. The van der Waals surface area contributed by atoms with Crippen LogP contribution < -0.4 is 0 Å². The Balaban J connectivity index is 1.64. The largest absolute Gasteiger partial charge is 0.509 e. The summed E-state index contributed by atoms with van der Waals surface area (Å²) in [5, 5.41) is 0. The molecule has 0 radical (unpaired) electrons. The van der Waals surface area contributed by atoms with Gasteiger partial charge in [0.05, 0.1) is 6.61 Å². The molecule has 8 heteroatoms. The van der Waals surface area contributed by atoms with Crippen LogP contribution in [-0.2, 0) is 33.4 Å². The first-order valence-electron chi connectivity index (χ1n) is 14.5. The summed E-state index contributed by atoms with van der Waals surface area (Å²) in [6.07, 6.45) is 9.82. The smallest absolute Gasteiger partial charge is 0.457 e. The van der Waals surface area contributed by atoms with Crippen molar-refractivity contribution in [3.05, 3.63) is 23.8 Å². The Bertz CT molecular complexity index is 1090.